The molecule has 0 aromatic rings. The minimum atomic E-state index is -1.67. The van der Waals surface area contributed by atoms with E-state index in [9.17, 15) is 38.8 Å². The number of carbonyl (C=O) groups excluding carboxylic acids is 7. The summed E-state index contributed by atoms with van der Waals surface area (Å²) in [5.41, 5.74) is -0.648. The topological polar surface area (TPSA) is 238 Å². The third kappa shape index (κ3) is 9.06. The van der Waals surface area contributed by atoms with Crippen LogP contribution in [-0.4, -0.2) is 121 Å². The van der Waals surface area contributed by atoms with Crippen molar-refractivity contribution in [2.24, 2.45) is 11.8 Å². The molecule has 0 bridgehead atoms. The molecule has 262 valence electrons. The lowest BCUT2D eigenvalue weighted by molar-refractivity contribution is -0.753. The molecule has 0 aliphatic carbocycles. The summed E-state index contributed by atoms with van der Waals surface area (Å²) in [6.07, 6.45) is -12.4. The number of esters is 7. The molecule has 0 amide bonds. The molecule has 19 heteroatoms. The average Bonchev–Trinajstić information content (AvgIpc) is 3.28. The van der Waals surface area contributed by atoms with Gasteiger partial charge in [-0.05, 0) is 6.92 Å². The quantitative estimate of drug-likeness (QED) is 0.145. The molecule has 0 unspecified atom stereocenters. The van der Waals surface area contributed by atoms with E-state index in [0.29, 0.717) is 0 Å². The zero-order valence-electron chi connectivity index (χ0n) is 26.7. The lowest BCUT2D eigenvalue weighted by atomic mass is 9.74. The van der Waals surface area contributed by atoms with Crippen LogP contribution in [0.15, 0.2) is 0 Å². The molecule has 3 rings (SSSR count). The Morgan fingerprint density at radius 1 is 0.638 bits per heavy atom. The third-order valence-corrected chi connectivity index (χ3v) is 7.12. The second kappa shape index (κ2) is 15.9. The summed E-state index contributed by atoms with van der Waals surface area (Å²) in [7, 11) is 0. The van der Waals surface area contributed by atoms with E-state index in [-0.39, 0.29) is 11.5 Å². The predicted octanol–water partition coefficient (Wildman–Crippen LogP) is -0.976. The highest BCUT2D eigenvalue weighted by Crippen LogP contribution is 2.44. The first-order valence-corrected chi connectivity index (χ1v) is 14.5. The number of rotatable bonds is 11. The maximum Gasteiger partial charge on any atom is 0.405 e. The van der Waals surface area contributed by atoms with Crippen molar-refractivity contribution in [3.05, 3.63) is 5.21 Å². The largest absolute Gasteiger partial charge is 0.463 e. The molecule has 0 saturated carbocycles. The molecule has 19 nitrogen and oxygen atoms in total. The third-order valence-electron chi connectivity index (χ3n) is 7.12. The first kappa shape index (κ1) is 36.9. The van der Waals surface area contributed by atoms with Gasteiger partial charge in [-0.15, -0.1) is 0 Å². The fourth-order valence-corrected chi connectivity index (χ4v) is 5.68. The Hall–Kier alpha value is -4.52. The van der Waals surface area contributed by atoms with E-state index in [0.717, 1.165) is 41.5 Å². The molecule has 0 radical (unpaired) electrons. The van der Waals surface area contributed by atoms with Crippen LogP contribution in [0.25, 0.3) is 0 Å². The van der Waals surface area contributed by atoms with Crippen LogP contribution in [0.2, 0.25) is 0 Å². The molecular formula is C28H37NO18. The fourth-order valence-electron chi connectivity index (χ4n) is 5.68. The maximum atomic E-state index is 13.0. The highest BCUT2D eigenvalue weighted by molar-refractivity contribution is 6.35. The summed E-state index contributed by atoms with van der Waals surface area (Å²) in [6, 6.07) is 0. The van der Waals surface area contributed by atoms with Crippen LogP contribution >= 0.6 is 0 Å². The summed E-state index contributed by atoms with van der Waals surface area (Å²) in [5.74, 6) is -9.20. The van der Waals surface area contributed by atoms with Crippen molar-refractivity contribution >= 4 is 47.5 Å². The molecule has 3 aliphatic rings. The summed E-state index contributed by atoms with van der Waals surface area (Å²) in [6.45, 7) is 6.48. The van der Waals surface area contributed by atoms with Crippen molar-refractivity contribution in [3.63, 3.8) is 0 Å². The number of hydrogen-bond donors (Lipinski definition) is 0. The molecule has 47 heavy (non-hydrogen) atoms. The minimum absolute atomic E-state index is 0.148. The first-order valence-electron chi connectivity index (χ1n) is 14.5. The summed E-state index contributed by atoms with van der Waals surface area (Å²) >= 11 is 0. The zero-order chi connectivity index (χ0) is 35.2. The lowest BCUT2D eigenvalue weighted by Gasteiger charge is -2.51. The SMILES string of the molecule is CCOC(=O)C1=[N+]([O-])O[C@H]2O[C@H](COC(C)=O)[C@H]([C@@H]3O[C@H](COC(C)=O)[C@@H](OC(C)=O)[C@H](OC(C)=O)[C@H]3OC(C)=O)[C@@H](OC(C)=O)[C@@H]12. The number of carbonyl (C=O) groups is 7. The molecular weight excluding hydrogens is 638 g/mol. The lowest BCUT2D eigenvalue weighted by Crippen LogP contribution is -2.69. The Morgan fingerprint density at radius 2 is 1.13 bits per heavy atom. The molecule has 2 fully saturated rings. The highest BCUT2D eigenvalue weighted by Gasteiger charge is 2.65. The minimum Gasteiger partial charge on any atom is -0.463 e. The summed E-state index contributed by atoms with van der Waals surface area (Å²) in [4.78, 5) is 91.2. The van der Waals surface area contributed by atoms with Crippen LogP contribution in [-0.2, 0) is 81.0 Å². The van der Waals surface area contributed by atoms with E-state index in [1.54, 1.807) is 0 Å². The van der Waals surface area contributed by atoms with Gasteiger partial charge in [-0.3, -0.25) is 34.0 Å². The van der Waals surface area contributed by atoms with Crippen LogP contribution in [0.5, 0.6) is 0 Å². The van der Waals surface area contributed by atoms with E-state index in [4.69, 9.17) is 47.5 Å². The molecule has 2 saturated heterocycles. The van der Waals surface area contributed by atoms with Crippen LogP contribution in [0.4, 0.5) is 0 Å². The van der Waals surface area contributed by atoms with E-state index in [1.807, 2.05) is 0 Å². The predicted molar refractivity (Wildman–Crippen MR) is 146 cm³/mol. The van der Waals surface area contributed by atoms with Gasteiger partial charge in [0, 0.05) is 41.5 Å². The number of nitrogens with zero attached hydrogens (tertiary/aromatic N) is 1. The van der Waals surface area contributed by atoms with Crippen LogP contribution in [0, 0.1) is 17.0 Å². The normalized spacial score (nSPS) is 31.3. The number of ether oxygens (including phenoxy) is 9. The Bertz CT molecular complexity index is 1280. The van der Waals surface area contributed by atoms with E-state index < -0.39 is 122 Å². The van der Waals surface area contributed by atoms with E-state index in [1.165, 1.54) is 6.92 Å². The first-order chi connectivity index (χ1) is 22.0. The van der Waals surface area contributed by atoms with Crippen molar-refractivity contribution in [2.75, 3.05) is 19.8 Å². The monoisotopic (exact) mass is 675 g/mol. The molecule has 10 atom stereocenters. The average molecular weight is 676 g/mol. The van der Waals surface area contributed by atoms with E-state index in [2.05, 4.69) is 0 Å². The van der Waals surface area contributed by atoms with Gasteiger partial charge in [0.15, 0.2) is 24.6 Å². The highest BCUT2D eigenvalue weighted by atomic mass is 16.9. The van der Waals surface area contributed by atoms with E-state index >= 15 is 0 Å². The Labute approximate surface area is 268 Å². The summed E-state index contributed by atoms with van der Waals surface area (Å²) < 4.78 is 49.8. The van der Waals surface area contributed by atoms with Gasteiger partial charge in [0.25, 0.3) is 0 Å². The molecule has 3 aliphatic heterocycles. The number of fused-ring (bicyclic) bond motifs is 1. The van der Waals surface area contributed by atoms with Crippen LogP contribution in [0.1, 0.15) is 48.5 Å². The van der Waals surface area contributed by atoms with Gasteiger partial charge in [-0.2, -0.15) is 0 Å². The second-order valence-corrected chi connectivity index (χ2v) is 10.7. The van der Waals surface area contributed by atoms with Gasteiger partial charge >= 0.3 is 47.5 Å². The zero-order valence-corrected chi connectivity index (χ0v) is 26.7. The maximum absolute atomic E-state index is 13.0. The summed E-state index contributed by atoms with van der Waals surface area (Å²) in [5, 5.41) is 12.9. The standard InChI is InChI=1S/C28H37NO18/c1-8-38-27(36)21-20-23(42-14(5)33)19(17(9-39-11(2)30)46-28(20)47-29(21)37)24-26(44-16(7)35)25(43-15(6)34)22(41-13(4)32)18(45-24)10-40-12(3)31/h17-20,22-26,28H,8-10H2,1-7H3/t17-,18-,19+,20-,22-,23-,24+,25+,26+,28-/m1/s1. The van der Waals surface area contributed by atoms with Crippen molar-refractivity contribution in [1.29, 1.82) is 0 Å². The molecule has 0 spiro atoms. The molecule has 0 aromatic heterocycles. The molecule has 3 heterocycles. The Balaban J connectivity index is 2.28. The Morgan fingerprint density at radius 3 is 1.64 bits per heavy atom. The second-order valence-electron chi connectivity index (χ2n) is 10.7. The van der Waals surface area contributed by atoms with Gasteiger partial charge in [0.05, 0.1) is 17.4 Å². The van der Waals surface area contributed by atoms with Crippen molar-refractivity contribution < 1.29 is 85.9 Å². The van der Waals surface area contributed by atoms with Gasteiger partial charge < -0.3 is 47.5 Å². The van der Waals surface area contributed by atoms with Crippen molar-refractivity contribution in [1.82, 2.24) is 0 Å². The molecule has 0 N–H and O–H groups in total. The smallest absolute Gasteiger partial charge is 0.405 e. The molecule has 0 aromatic carbocycles. The van der Waals surface area contributed by atoms with Gasteiger partial charge in [-0.1, -0.05) is 0 Å². The van der Waals surface area contributed by atoms with Crippen LogP contribution in [0.3, 0.4) is 0 Å². The number of hydrogen-bond acceptors (Lipinski definition) is 18. The fraction of sp³-hybridized carbons (Fsp3) is 0.714. The van der Waals surface area contributed by atoms with Gasteiger partial charge in [0.2, 0.25) is 0 Å². The van der Waals surface area contributed by atoms with Crippen molar-refractivity contribution in [3.8, 4) is 0 Å². The van der Waals surface area contributed by atoms with Gasteiger partial charge in [-0.25, -0.2) is 4.79 Å². The van der Waals surface area contributed by atoms with Crippen LogP contribution < -0.4 is 0 Å². The van der Waals surface area contributed by atoms with Gasteiger partial charge in [0.1, 0.15) is 43.5 Å². The Kier molecular flexibility index (Phi) is 12.5. The van der Waals surface area contributed by atoms with Crippen molar-refractivity contribution in [2.45, 2.75) is 97.5 Å².